The SMILES string of the molecule is CC1(N)CN(C(=O)Nc2ccccc2)C1. The minimum absolute atomic E-state index is 0.0795. The maximum Gasteiger partial charge on any atom is 0.321 e. The number of rotatable bonds is 1. The lowest BCUT2D eigenvalue weighted by Gasteiger charge is -2.45. The Balaban J connectivity index is 1.89. The largest absolute Gasteiger partial charge is 0.322 e. The third-order valence-corrected chi connectivity index (χ3v) is 2.42. The fourth-order valence-corrected chi connectivity index (χ4v) is 1.69. The van der Waals surface area contributed by atoms with Crippen LogP contribution in [0.4, 0.5) is 10.5 Å². The van der Waals surface area contributed by atoms with Crippen LogP contribution in [-0.2, 0) is 0 Å². The molecule has 1 fully saturated rings. The Morgan fingerprint density at radius 1 is 1.40 bits per heavy atom. The van der Waals surface area contributed by atoms with Crippen molar-refractivity contribution in [3.63, 3.8) is 0 Å². The summed E-state index contributed by atoms with van der Waals surface area (Å²) >= 11 is 0. The Bertz CT molecular complexity index is 353. The third kappa shape index (κ3) is 2.27. The molecule has 80 valence electrons. The Labute approximate surface area is 89.1 Å². The van der Waals surface area contributed by atoms with Crippen molar-refractivity contribution in [2.45, 2.75) is 12.5 Å². The first-order valence-corrected chi connectivity index (χ1v) is 4.97. The third-order valence-electron chi connectivity index (χ3n) is 2.42. The van der Waals surface area contributed by atoms with Crippen LogP contribution in [0.1, 0.15) is 6.92 Å². The van der Waals surface area contributed by atoms with Gasteiger partial charge in [-0.25, -0.2) is 4.79 Å². The van der Waals surface area contributed by atoms with E-state index in [2.05, 4.69) is 5.32 Å². The van der Waals surface area contributed by atoms with Crippen molar-refractivity contribution in [1.29, 1.82) is 0 Å². The molecule has 0 saturated carbocycles. The van der Waals surface area contributed by atoms with Crippen molar-refractivity contribution >= 4 is 11.7 Å². The number of carbonyl (C=O) groups is 1. The molecule has 0 aliphatic carbocycles. The highest BCUT2D eigenvalue weighted by Gasteiger charge is 2.37. The first-order chi connectivity index (χ1) is 7.07. The van der Waals surface area contributed by atoms with Gasteiger partial charge in [0.1, 0.15) is 0 Å². The summed E-state index contributed by atoms with van der Waals surface area (Å²) in [6.45, 7) is 3.18. The highest BCUT2D eigenvalue weighted by Crippen LogP contribution is 2.18. The Morgan fingerprint density at radius 2 is 2.00 bits per heavy atom. The zero-order valence-electron chi connectivity index (χ0n) is 8.73. The quantitative estimate of drug-likeness (QED) is 0.725. The van der Waals surface area contributed by atoms with Gasteiger partial charge < -0.3 is 16.0 Å². The normalized spacial score (nSPS) is 18.1. The summed E-state index contributed by atoms with van der Waals surface area (Å²) < 4.78 is 0. The van der Waals surface area contributed by atoms with Crippen molar-refractivity contribution in [3.05, 3.63) is 30.3 Å². The Hall–Kier alpha value is -1.55. The Morgan fingerprint density at radius 3 is 2.53 bits per heavy atom. The second-order valence-electron chi connectivity index (χ2n) is 4.31. The molecule has 2 amide bonds. The zero-order chi connectivity index (χ0) is 10.9. The molecular weight excluding hydrogens is 190 g/mol. The number of nitrogens with two attached hydrogens (primary N) is 1. The van der Waals surface area contributed by atoms with Gasteiger partial charge in [-0.05, 0) is 19.1 Å². The van der Waals surface area contributed by atoms with E-state index in [-0.39, 0.29) is 11.6 Å². The molecule has 0 spiro atoms. The smallest absolute Gasteiger partial charge is 0.321 e. The summed E-state index contributed by atoms with van der Waals surface area (Å²) in [4.78, 5) is 13.3. The van der Waals surface area contributed by atoms with Gasteiger partial charge in [-0.2, -0.15) is 0 Å². The van der Waals surface area contributed by atoms with E-state index in [9.17, 15) is 4.79 Å². The summed E-state index contributed by atoms with van der Waals surface area (Å²) in [6, 6.07) is 9.33. The molecule has 4 nitrogen and oxygen atoms in total. The molecule has 4 heteroatoms. The number of hydrogen-bond acceptors (Lipinski definition) is 2. The number of benzene rings is 1. The van der Waals surface area contributed by atoms with E-state index >= 15 is 0 Å². The second-order valence-corrected chi connectivity index (χ2v) is 4.31. The van der Waals surface area contributed by atoms with Gasteiger partial charge in [0.2, 0.25) is 0 Å². The summed E-state index contributed by atoms with van der Waals surface area (Å²) in [5, 5.41) is 2.81. The van der Waals surface area contributed by atoms with Gasteiger partial charge in [-0.3, -0.25) is 0 Å². The number of carbonyl (C=O) groups excluding carboxylic acids is 1. The molecule has 0 bridgehead atoms. The number of nitrogens with one attached hydrogen (secondary N) is 1. The average Bonchev–Trinajstić information content (AvgIpc) is 2.15. The monoisotopic (exact) mass is 205 g/mol. The van der Waals surface area contributed by atoms with Gasteiger partial charge in [0.25, 0.3) is 0 Å². The van der Waals surface area contributed by atoms with Gasteiger partial charge in [0, 0.05) is 24.3 Å². The van der Waals surface area contributed by atoms with Crippen LogP contribution >= 0.6 is 0 Å². The molecule has 15 heavy (non-hydrogen) atoms. The van der Waals surface area contributed by atoms with E-state index in [1.54, 1.807) is 4.90 Å². The predicted octanol–water partition coefficient (Wildman–Crippen LogP) is 1.25. The number of likely N-dealkylation sites (tertiary alicyclic amines) is 1. The van der Waals surface area contributed by atoms with Gasteiger partial charge in [0.05, 0.1) is 0 Å². The molecule has 1 saturated heterocycles. The molecular formula is C11H15N3O. The summed E-state index contributed by atoms with van der Waals surface area (Å²) in [7, 11) is 0. The predicted molar refractivity (Wildman–Crippen MR) is 59.6 cm³/mol. The fourth-order valence-electron chi connectivity index (χ4n) is 1.69. The molecule has 1 aliphatic heterocycles. The summed E-state index contributed by atoms with van der Waals surface area (Å²) in [5.41, 5.74) is 6.42. The lowest BCUT2D eigenvalue weighted by molar-refractivity contribution is 0.117. The number of urea groups is 1. The van der Waals surface area contributed by atoms with Crippen molar-refractivity contribution in [1.82, 2.24) is 4.90 Å². The fraction of sp³-hybridized carbons (Fsp3) is 0.364. The highest BCUT2D eigenvalue weighted by molar-refractivity contribution is 5.90. The number of anilines is 1. The molecule has 0 radical (unpaired) electrons. The topological polar surface area (TPSA) is 58.4 Å². The number of para-hydroxylation sites is 1. The lowest BCUT2D eigenvalue weighted by Crippen LogP contribution is -2.67. The average molecular weight is 205 g/mol. The first kappa shape index (κ1) is 9.98. The van der Waals surface area contributed by atoms with E-state index < -0.39 is 0 Å². The lowest BCUT2D eigenvalue weighted by atomic mass is 9.94. The van der Waals surface area contributed by atoms with Crippen molar-refractivity contribution in [2.24, 2.45) is 5.73 Å². The van der Waals surface area contributed by atoms with Gasteiger partial charge in [-0.15, -0.1) is 0 Å². The van der Waals surface area contributed by atoms with Crippen LogP contribution in [-0.4, -0.2) is 29.6 Å². The molecule has 3 N–H and O–H groups in total. The number of hydrogen-bond donors (Lipinski definition) is 2. The van der Waals surface area contributed by atoms with E-state index in [4.69, 9.17) is 5.73 Å². The number of amides is 2. The Kier molecular flexibility index (Phi) is 2.36. The zero-order valence-corrected chi connectivity index (χ0v) is 8.73. The van der Waals surface area contributed by atoms with Crippen molar-refractivity contribution in [2.75, 3.05) is 18.4 Å². The molecule has 0 aromatic heterocycles. The van der Waals surface area contributed by atoms with E-state index in [0.29, 0.717) is 13.1 Å². The van der Waals surface area contributed by atoms with Crippen LogP contribution in [0.25, 0.3) is 0 Å². The van der Waals surface area contributed by atoms with Crippen LogP contribution < -0.4 is 11.1 Å². The second kappa shape index (κ2) is 3.55. The van der Waals surface area contributed by atoms with Gasteiger partial charge in [0.15, 0.2) is 0 Å². The van der Waals surface area contributed by atoms with Crippen LogP contribution in [0.15, 0.2) is 30.3 Å². The molecule has 1 aromatic rings. The molecule has 0 atom stereocenters. The molecule has 1 heterocycles. The van der Waals surface area contributed by atoms with Crippen LogP contribution in [0.3, 0.4) is 0 Å². The van der Waals surface area contributed by atoms with Gasteiger partial charge >= 0.3 is 6.03 Å². The maximum absolute atomic E-state index is 11.6. The molecule has 2 rings (SSSR count). The van der Waals surface area contributed by atoms with Crippen LogP contribution in [0, 0.1) is 0 Å². The van der Waals surface area contributed by atoms with E-state index in [1.165, 1.54) is 0 Å². The number of nitrogens with zero attached hydrogens (tertiary/aromatic N) is 1. The highest BCUT2D eigenvalue weighted by atomic mass is 16.2. The minimum atomic E-state index is -0.214. The van der Waals surface area contributed by atoms with Crippen LogP contribution in [0.5, 0.6) is 0 Å². The standard InChI is InChI=1S/C11H15N3O/c1-11(12)7-14(8-11)10(15)13-9-5-3-2-4-6-9/h2-6H,7-8,12H2,1H3,(H,13,15). The maximum atomic E-state index is 11.6. The summed E-state index contributed by atoms with van der Waals surface area (Å²) in [6.07, 6.45) is 0. The molecule has 1 aromatic carbocycles. The van der Waals surface area contributed by atoms with Crippen LogP contribution in [0.2, 0.25) is 0 Å². The van der Waals surface area contributed by atoms with E-state index in [0.717, 1.165) is 5.69 Å². The molecule has 0 unspecified atom stereocenters. The minimum Gasteiger partial charge on any atom is -0.322 e. The van der Waals surface area contributed by atoms with Gasteiger partial charge in [-0.1, -0.05) is 18.2 Å². The van der Waals surface area contributed by atoms with Crippen molar-refractivity contribution < 1.29 is 4.79 Å². The first-order valence-electron chi connectivity index (χ1n) is 4.97. The van der Waals surface area contributed by atoms with Crippen molar-refractivity contribution in [3.8, 4) is 0 Å². The summed E-state index contributed by atoms with van der Waals surface area (Å²) in [5.74, 6) is 0. The molecule has 1 aliphatic rings. The van der Waals surface area contributed by atoms with E-state index in [1.807, 2.05) is 37.3 Å².